The van der Waals surface area contributed by atoms with Crippen molar-refractivity contribution in [2.75, 3.05) is 20.3 Å². The number of Topliss-reactive ketones (excluding diaryl/α,β-unsaturated/α-hetero) is 1. The summed E-state index contributed by atoms with van der Waals surface area (Å²) in [4.78, 5) is 11.5. The minimum Gasteiger partial charge on any atom is -0.486 e. The Kier molecular flexibility index (Phi) is 4.56. The second-order valence-corrected chi connectivity index (χ2v) is 4.83. The van der Waals surface area contributed by atoms with Gasteiger partial charge in [-0.3, -0.25) is 4.79 Å². The molecule has 4 nitrogen and oxygen atoms in total. The van der Waals surface area contributed by atoms with E-state index >= 15 is 0 Å². The first-order chi connectivity index (χ1) is 9.13. The molecule has 0 heterocycles. The highest BCUT2D eigenvalue weighted by molar-refractivity contribution is 5.90. The molecule has 4 heteroatoms. The lowest BCUT2D eigenvalue weighted by Gasteiger charge is -2.35. The number of ketones is 1. The molecule has 0 N–H and O–H groups in total. The molecule has 104 valence electrons. The maximum absolute atomic E-state index is 11.5. The van der Waals surface area contributed by atoms with Crippen LogP contribution in [0.5, 0.6) is 5.75 Å². The van der Waals surface area contributed by atoms with E-state index in [1.54, 1.807) is 7.11 Å². The summed E-state index contributed by atoms with van der Waals surface area (Å²) < 4.78 is 16.3. The SMILES string of the molecule is COCCOC1C(=O)CC1Oc1c(C)cccc1C. The van der Waals surface area contributed by atoms with E-state index in [1.807, 2.05) is 32.0 Å². The van der Waals surface area contributed by atoms with E-state index in [-0.39, 0.29) is 11.9 Å². The molecule has 0 radical (unpaired) electrons. The average Bonchev–Trinajstić information content (AvgIpc) is 2.37. The van der Waals surface area contributed by atoms with Gasteiger partial charge in [0.15, 0.2) is 11.9 Å². The number of methoxy groups -OCH3 is 1. The van der Waals surface area contributed by atoms with E-state index < -0.39 is 6.10 Å². The van der Waals surface area contributed by atoms with Gasteiger partial charge in [0.25, 0.3) is 0 Å². The van der Waals surface area contributed by atoms with Crippen molar-refractivity contribution in [2.24, 2.45) is 0 Å². The van der Waals surface area contributed by atoms with Crippen molar-refractivity contribution in [3.05, 3.63) is 29.3 Å². The topological polar surface area (TPSA) is 44.8 Å². The lowest BCUT2D eigenvalue weighted by Crippen LogP contribution is -2.52. The van der Waals surface area contributed by atoms with Crippen molar-refractivity contribution in [1.29, 1.82) is 0 Å². The van der Waals surface area contributed by atoms with Crippen LogP contribution in [0.1, 0.15) is 17.5 Å². The van der Waals surface area contributed by atoms with Crippen molar-refractivity contribution < 1.29 is 19.0 Å². The van der Waals surface area contributed by atoms with Crippen LogP contribution >= 0.6 is 0 Å². The van der Waals surface area contributed by atoms with Gasteiger partial charge >= 0.3 is 0 Å². The first-order valence-corrected chi connectivity index (χ1v) is 6.49. The molecule has 0 aliphatic heterocycles. The van der Waals surface area contributed by atoms with Crippen LogP contribution < -0.4 is 4.74 Å². The van der Waals surface area contributed by atoms with Crippen LogP contribution in [0.15, 0.2) is 18.2 Å². The largest absolute Gasteiger partial charge is 0.486 e. The standard InChI is InChI=1S/C15H20O4/c1-10-5-4-6-11(2)14(10)19-13-9-12(16)15(13)18-8-7-17-3/h4-6,13,15H,7-9H2,1-3H3. The highest BCUT2D eigenvalue weighted by Gasteiger charge is 2.43. The molecule has 1 aliphatic rings. The van der Waals surface area contributed by atoms with E-state index in [4.69, 9.17) is 14.2 Å². The van der Waals surface area contributed by atoms with Crippen molar-refractivity contribution >= 4 is 5.78 Å². The van der Waals surface area contributed by atoms with Crippen LogP contribution in [0.4, 0.5) is 0 Å². The Bertz CT molecular complexity index is 435. The Labute approximate surface area is 113 Å². The molecule has 0 aromatic heterocycles. The number of benzene rings is 1. The molecule has 1 aromatic carbocycles. The van der Waals surface area contributed by atoms with Gasteiger partial charge < -0.3 is 14.2 Å². The first-order valence-electron chi connectivity index (χ1n) is 6.49. The molecule has 1 aromatic rings. The lowest BCUT2D eigenvalue weighted by atomic mass is 9.89. The normalized spacial score (nSPS) is 22.2. The molecular weight excluding hydrogens is 244 g/mol. The number of hydrogen-bond donors (Lipinski definition) is 0. The van der Waals surface area contributed by atoms with Crippen molar-refractivity contribution in [3.8, 4) is 5.75 Å². The molecular formula is C15H20O4. The predicted molar refractivity (Wildman–Crippen MR) is 71.6 cm³/mol. The summed E-state index contributed by atoms with van der Waals surface area (Å²) in [5.41, 5.74) is 2.16. The summed E-state index contributed by atoms with van der Waals surface area (Å²) in [6, 6.07) is 6.00. The molecule has 19 heavy (non-hydrogen) atoms. The van der Waals surface area contributed by atoms with Gasteiger partial charge in [0.1, 0.15) is 11.9 Å². The predicted octanol–water partition coefficient (Wildman–Crippen LogP) is 2.06. The number of aryl methyl sites for hydroxylation is 2. The maximum Gasteiger partial charge on any atom is 0.169 e. The molecule has 0 saturated heterocycles. The minimum absolute atomic E-state index is 0.104. The van der Waals surface area contributed by atoms with Gasteiger partial charge in [-0.15, -0.1) is 0 Å². The summed E-state index contributed by atoms with van der Waals surface area (Å²) in [7, 11) is 1.61. The van der Waals surface area contributed by atoms with Crippen molar-refractivity contribution in [2.45, 2.75) is 32.5 Å². The summed E-state index contributed by atoms with van der Waals surface area (Å²) in [5.74, 6) is 0.965. The minimum atomic E-state index is -0.450. The quantitative estimate of drug-likeness (QED) is 0.738. The molecule has 2 atom stereocenters. The second-order valence-electron chi connectivity index (χ2n) is 4.83. The van der Waals surface area contributed by atoms with Gasteiger partial charge in [-0.05, 0) is 25.0 Å². The molecule has 2 unspecified atom stereocenters. The van der Waals surface area contributed by atoms with Gasteiger partial charge in [0, 0.05) is 13.5 Å². The van der Waals surface area contributed by atoms with Crippen LogP contribution in [0.3, 0.4) is 0 Å². The Morgan fingerprint density at radius 1 is 1.21 bits per heavy atom. The fourth-order valence-corrected chi connectivity index (χ4v) is 2.17. The third-order valence-corrected chi connectivity index (χ3v) is 3.32. The van der Waals surface area contributed by atoms with E-state index in [9.17, 15) is 4.79 Å². The van der Waals surface area contributed by atoms with Crippen LogP contribution in [0, 0.1) is 13.8 Å². The monoisotopic (exact) mass is 264 g/mol. The summed E-state index contributed by atoms with van der Waals surface area (Å²) in [6.45, 7) is 4.91. The fourth-order valence-electron chi connectivity index (χ4n) is 2.17. The highest BCUT2D eigenvalue weighted by atomic mass is 16.6. The third-order valence-electron chi connectivity index (χ3n) is 3.32. The van der Waals surface area contributed by atoms with Crippen LogP contribution in [-0.2, 0) is 14.3 Å². The average molecular weight is 264 g/mol. The molecule has 0 spiro atoms. The van der Waals surface area contributed by atoms with E-state index in [2.05, 4.69) is 0 Å². The van der Waals surface area contributed by atoms with Gasteiger partial charge in [0.2, 0.25) is 0 Å². The maximum atomic E-state index is 11.5. The van der Waals surface area contributed by atoms with Gasteiger partial charge in [-0.1, -0.05) is 18.2 Å². The zero-order valence-electron chi connectivity index (χ0n) is 11.6. The molecule has 1 aliphatic carbocycles. The molecule has 0 bridgehead atoms. The number of carbonyl (C=O) groups excluding carboxylic acids is 1. The smallest absolute Gasteiger partial charge is 0.169 e. The summed E-state index contributed by atoms with van der Waals surface area (Å²) >= 11 is 0. The third kappa shape index (κ3) is 3.14. The Morgan fingerprint density at radius 2 is 1.89 bits per heavy atom. The van der Waals surface area contributed by atoms with E-state index in [0.29, 0.717) is 19.6 Å². The zero-order chi connectivity index (χ0) is 13.8. The number of para-hydroxylation sites is 1. The van der Waals surface area contributed by atoms with Gasteiger partial charge in [-0.2, -0.15) is 0 Å². The summed E-state index contributed by atoms with van der Waals surface area (Å²) in [5, 5.41) is 0. The van der Waals surface area contributed by atoms with Gasteiger partial charge in [-0.25, -0.2) is 0 Å². The Morgan fingerprint density at radius 3 is 2.47 bits per heavy atom. The van der Waals surface area contributed by atoms with Crippen LogP contribution in [-0.4, -0.2) is 38.3 Å². The lowest BCUT2D eigenvalue weighted by molar-refractivity contribution is -0.156. The number of carbonyl (C=O) groups is 1. The van der Waals surface area contributed by atoms with Gasteiger partial charge in [0.05, 0.1) is 13.2 Å². The van der Waals surface area contributed by atoms with Crippen molar-refractivity contribution in [3.63, 3.8) is 0 Å². The highest BCUT2D eigenvalue weighted by Crippen LogP contribution is 2.30. The number of ether oxygens (including phenoxy) is 3. The number of rotatable bonds is 6. The van der Waals surface area contributed by atoms with Crippen LogP contribution in [0.25, 0.3) is 0 Å². The molecule has 0 amide bonds. The van der Waals surface area contributed by atoms with E-state index in [0.717, 1.165) is 16.9 Å². The van der Waals surface area contributed by atoms with Crippen molar-refractivity contribution in [1.82, 2.24) is 0 Å². The van der Waals surface area contributed by atoms with Crippen LogP contribution in [0.2, 0.25) is 0 Å². The second kappa shape index (κ2) is 6.17. The summed E-state index contributed by atoms with van der Waals surface area (Å²) in [6.07, 6.45) is -0.205. The van der Waals surface area contributed by atoms with E-state index in [1.165, 1.54) is 0 Å². The molecule has 2 rings (SSSR count). The fraction of sp³-hybridized carbons (Fsp3) is 0.533. The Hall–Kier alpha value is -1.39. The molecule has 1 saturated carbocycles. The number of hydrogen-bond acceptors (Lipinski definition) is 4. The first kappa shape index (κ1) is 14.0. The zero-order valence-corrected chi connectivity index (χ0v) is 11.6. The Balaban J connectivity index is 1.97. The molecule has 1 fully saturated rings.